The molecule has 5 unspecified atom stereocenters. The smallest absolute Gasteiger partial charge is 0.340 e. The van der Waals surface area contributed by atoms with Crippen LogP contribution < -0.4 is 15.6 Å². The van der Waals surface area contributed by atoms with Gasteiger partial charge in [-0.05, 0) is 38.7 Å². The maximum Gasteiger partial charge on any atom is 0.340 e. The number of hydrogen-bond donors (Lipinski definition) is 2. The average molecular weight is 573 g/mol. The molecular weight excluding hydrogens is 535 g/mol. The summed E-state index contributed by atoms with van der Waals surface area (Å²) >= 11 is 0. The second-order valence-corrected chi connectivity index (χ2v) is 11.2. The molecule has 1 aromatic carbocycles. The Bertz CT molecular complexity index is 1280. The van der Waals surface area contributed by atoms with Gasteiger partial charge in [-0.3, -0.25) is 4.57 Å². The fraction of sp³-hybridized carbons (Fsp3) is 0.556. The molecular formula is C27H37N6O6P. The number of ether oxygens (including phenoxy) is 3. The highest BCUT2D eigenvalue weighted by molar-refractivity contribution is 7.45. The van der Waals surface area contributed by atoms with Crippen molar-refractivity contribution in [3.8, 4) is 5.88 Å². The molecule has 2 aliphatic rings. The van der Waals surface area contributed by atoms with E-state index in [1.807, 2.05) is 41.8 Å². The van der Waals surface area contributed by atoms with Crippen molar-refractivity contribution in [2.24, 2.45) is 5.92 Å². The zero-order valence-electron chi connectivity index (χ0n) is 23.1. The maximum atomic E-state index is 12.8. The first-order valence-corrected chi connectivity index (χ1v) is 15.0. The van der Waals surface area contributed by atoms with Crippen LogP contribution in [0.3, 0.4) is 0 Å². The van der Waals surface area contributed by atoms with Crippen LogP contribution in [0.5, 0.6) is 5.88 Å². The minimum absolute atomic E-state index is 0.114. The topological polar surface area (TPSA) is 145 Å². The minimum atomic E-state index is -1.60. The number of nitrogen functional groups attached to an aromatic ring is 1. The van der Waals surface area contributed by atoms with Gasteiger partial charge in [0.15, 0.2) is 17.3 Å². The number of carbonyl (C=O) groups excluding carboxylic acids is 1. The quantitative estimate of drug-likeness (QED) is 0.221. The zero-order valence-corrected chi connectivity index (χ0v) is 24.0. The van der Waals surface area contributed by atoms with Crippen molar-refractivity contribution in [2.75, 3.05) is 25.6 Å². The summed E-state index contributed by atoms with van der Waals surface area (Å²) in [4.78, 5) is 25.9. The molecule has 13 heteroatoms. The van der Waals surface area contributed by atoms with E-state index >= 15 is 0 Å². The first kappa shape index (κ1) is 28.6. The van der Waals surface area contributed by atoms with Crippen LogP contribution in [0, 0.1) is 5.92 Å². The van der Waals surface area contributed by atoms with Gasteiger partial charge in [-0.15, -0.1) is 0 Å². The molecule has 12 nitrogen and oxygen atoms in total. The third-order valence-corrected chi connectivity index (χ3v) is 8.35. The Morgan fingerprint density at radius 3 is 2.73 bits per heavy atom. The molecule has 0 spiro atoms. The number of hydrogen-bond acceptors (Lipinski definition) is 11. The van der Waals surface area contributed by atoms with E-state index in [0.717, 1.165) is 31.2 Å². The molecule has 5 rings (SSSR count). The lowest BCUT2D eigenvalue weighted by atomic mass is 9.94. The highest BCUT2D eigenvalue weighted by atomic mass is 31.2. The van der Waals surface area contributed by atoms with Gasteiger partial charge >= 0.3 is 5.97 Å². The van der Waals surface area contributed by atoms with Crippen LogP contribution in [0.4, 0.5) is 5.95 Å². The highest BCUT2D eigenvalue weighted by Crippen LogP contribution is 2.45. The van der Waals surface area contributed by atoms with Crippen LogP contribution in [0.15, 0.2) is 36.7 Å². The molecule has 3 aromatic rings. The molecule has 1 saturated carbocycles. The summed E-state index contributed by atoms with van der Waals surface area (Å²) in [5, 5.41) is 3.47. The number of nitrogens with one attached hydrogen (secondary N) is 1. The summed E-state index contributed by atoms with van der Waals surface area (Å²) in [6, 6.07) is 9.64. The summed E-state index contributed by atoms with van der Waals surface area (Å²) in [5.74, 6) is 0.183. The standard InChI is InChI=1S/C27H37N6O6P/c1-4-35-24-21-23(30-27(28)31-24)33(16-29-21)25-17(3)14-20(38-25)15-37-40(32-19-12-9-13-19)39-22(26(34)36-5-2)18-10-7-6-8-11-18/h6-8,10-11,16-17,19-20,22,25,32H,4-5,9,12-15H2,1-3H3,(H2,28,30,31). The van der Waals surface area contributed by atoms with Crippen LogP contribution in [0.2, 0.25) is 0 Å². The third-order valence-electron chi connectivity index (χ3n) is 6.99. The molecule has 2 fully saturated rings. The summed E-state index contributed by atoms with van der Waals surface area (Å²) in [6.07, 6.45) is 4.29. The van der Waals surface area contributed by atoms with Crippen LogP contribution in [0.25, 0.3) is 11.2 Å². The lowest BCUT2D eigenvalue weighted by Gasteiger charge is -2.32. The lowest BCUT2D eigenvalue weighted by molar-refractivity contribution is -0.152. The number of anilines is 1. The molecule has 2 aromatic heterocycles. The van der Waals surface area contributed by atoms with Gasteiger partial charge in [0.2, 0.25) is 11.8 Å². The van der Waals surface area contributed by atoms with E-state index in [1.54, 1.807) is 13.3 Å². The highest BCUT2D eigenvalue weighted by Gasteiger charge is 2.37. The monoisotopic (exact) mass is 572 g/mol. The number of aromatic nitrogens is 4. The number of fused-ring (bicyclic) bond motifs is 1. The number of esters is 1. The van der Waals surface area contributed by atoms with Crippen LogP contribution in [0.1, 0.15) is 64.3 Å². The second-order valence-electron chi connectivity index (χ2n) is 9.96. The van der Waals surface area contributed by atoms with Crippen molar-refractivity contribution in [1.82, 2.24) is 24.6 Å². The zero-order chi connectivity index (χ0) is 28.1. The molecule has 1 aliphatic carbocycles. The first-order valence-electron chi connectivity index (χ1n) is 13.8. The van der Waals surface area contributed by atoms with Gasteiger partial charge in [0, 0.05) is 12.0 Å². The number of carbonyl (C=O) groups is 1. The summed E-state index contributed by atoms with van der Waals surface area (Å²) in [7, 11) is -1.60. The molecule has 3 N–H and O–H groups in total. The first-order chi connectivity index (χ1) is 19.5. The SMILES string of the molecule is CCOC(=O)C(OP(NC1CCC1)OCC1CC(C)C(n2cnc3c(OCC)nc(N)nc32)O1)c1ccccc1. The molecule has 1 aliphatic heterocycles. The number of nitrogens with zero attached hydrogens (tertiary/aromatic N) is 4. The predicted octanol–water partition coefficient (Wildman–Crippen LogP) is 4.44. The number of nitrogens with two attached hydrogens (primary N) is 1. The van der Waals surface area contributed by atoms with Crippen LogP contribution in [-0.4, -0.2) is 57.5 Å². The maximum absolute atomic E-state index is 12.8. The Labute approximate surface area is 234 Å². The molecule has 0 radical (unpaired) electrons. The molecule has 216 valence electrons. The Morgan fingerprint density at radius 2 is 2.02 bits per heavy atom. The minimum Gasteiger partial charge on any atom is -0.476 e. The van der Waals surface area contributed by atoms with Crippen molar-refractivity contribution in [3.05, 3.63) is 42.2 Å². The summed E-state index contributed by atoms with van der Waals surface area (Å²) in [5.41, 5.74) is 7.77. The van der Waals surface area contributed by atoms with E-state index in [4.69, 9.17) is 29.0 Å². The summed E-state index contributed by atoms with van der Waals surface area (Å²) < 4.78 is 31.8. The van der Waals surface area contributed by atoms with E-state index < -0.39 is 20.6 Å². The van der Waals surface area contributed by atoms with Gasteiger partial charge in [-0.25, -0.2) is 14.9 Å². The number of benzene rings is 1. The van der Waals surface area contributed by atoms with Gasteiger partial charge in [0.25, 0.3) is 8.53 Å². The third kappa shape index (κ3) is 6.53. The fourth-order valence-electron chi connectivity index (χ4n) is 4.81. The number of imidazole rings is 1. The van der Waals surface area contributed by atoms with E-state index in [-0.39, 0.29) is 30.8 Å². The molecule has 0 bridgehead atoms. The molecule has 1 saturated heterocycles. The molecule has 5 atom stereocenters. The Hall–Kier alpha value is -2.89. The molecule has 0 amide bonds. The normalized spacial score (nSPS) is 22.6. The van der Waals surface area contributed by atoms with Crippen molar-refractivity contribution in [2.45, 2.75) is 70.9 Å². The number of rotatable bonds is 13. The largest absolute Gasteiger partial charge is 0.476 e. The average Bonchev–Trinajstić information content (AvgIpc) is 3.50. The Balaban J connectivity index is 1.28. The van der Waals surface area contributed by atoms with Gasteiger partial charge < -0.3 is 29.0 Å². The Kier molecular flexibility index (Phi) is 9.44. The molecule has 40 heavy (non-hydrogen) atoms. The van der Waals surface area contributed by atoms with Crippen molar-refractivity contribution in [1.29, 1.82) is 0 Å². The second kappa shape index (κ2) is 13.2. The predicted molar refractivity (Wildman–Crippen MR) is 149 cm³/mol. The van der Waals surface area contributed by atoms with Gasteiger partial charge in [0.05, 0.1) is 32.3 Å². The van der Waals surface area contributed by atoms with Crippen LogP contribution in [-0.2, 0) is 23.3 Å². The lowest BCUT2D eigenvalue weighted by Crippen LogP contribution is -2.34. The Morgan fingerprint density at radius 1 is 1.23 bits per heavy atom. The van der Waals surface area contributed by atoms with E-state index in [0.29, 0.717) is 36.3 Å². The van der Waals surface area contributed by atoms with Crippen molar-refractivity contribution < 1.29 is 28.1 Å². The van der Waals surface area contributed by atoms with E-state index in [9.17, 15) is 4.79 Å². The van der Waals surface area contributed by atoms with Crippen molar-refractivity contribution >= 4 is 31.6 Å². The van der Waals surface area contributed by atoms with Gasteiger partial charge in [0.1, 0.15) is 6.23 Å². The van der Waals surface area contributed by atoms with Gasteiger partial charge in [-0.2, -0.15) is 9.97 Å². The van der Waals surface area contributed by atoms with E-state index in [1.165, 1.54) is 0 Å². The molecule has 3 heterocycles. The van der Waals surface area contributed by atoms with E-state index in [2.05, 4.69) is 27.0 Å². The van der Waals surface area contributed by atoms with Crippen molar-refractivity contribution in [3.63, 3.8) is 0 Å². The fourth-order valence-corrected chi connectivity index (χ4v) is 6.27. The summed E-state index contributed by atoms with van der Waals surface area (Å²) in [6.45, 7) is 6.77. The van der Waals surface area contributed by atoms with Gasteiger partial charge in [-0.1, -0.05) is 43.7 Å². The van der Waals surface area contributed by atoms with Crippen LogP contribution >= 0.6 is 8.53 Å².